The summed E-state index contributed by atoms with van der Waals surface area (Å²) in [6.45, 7) is 10.7. The molecule has 7 atom stereocenters. The maximum absolute atomic E-state index is 13.5. The first kappa shape index (κ1) is 36.6. The standard InChI is InChI=1S/C21H26N2O2S.C20H23FN2O2S/c1-14-12-22-13-15(2)21-20(14)18-11-17(9-10-19(18)23(21)3)26(24,25)16-7-5-4-6-8-16;1-13-12-22-9-8-17-18-11-16(6-7-19(18)23(2)20(13)17)26(24,25)15-5-3-4-14(21)10-15/h4-11,14-15,20-22H,12-13H2,1-3H3;3-7,10-11,13,17,20,22H,8-9,12H2,1-2H3/t14?,15?,20-,21-;13?,17-,20-/m00/s1. The summed E-state index contributed by atoms with van der Waals surface area (Å²) in [5.74, 6) is 1.56. The van der Waals surface area contributed by atoms with Gasteiger partial charge in [0.25, 0.3) is 0 Å². The molecule has 8 rings (SSSR count). The molecular formula is C41H49FN4O4S2. The van der Waals surface area contributed by atoms with Crippen molar-refractivity contribution in [1.29, 1.82) is 0 Å². The van der Waals surface area contributed by atoms with E-state index in [1.165, 1.54) is 29.4 Å². The summed E-state index contributed by atoms with van der Waals surface area (Å²) in [6.07, 6.45) is 0.982. The number of sulfone groups is 2. The van der Waals surface area contributed by atoms with E-state index in [2.05, 4.69) is 55.3 Å². The number of benzene rings is 4. The highest BCUT2D eigenvalue weighted by Crippen LogP contribution is 2.49. The van der Waals surface area contributed by atoms with Crippen molar-refractivity contribution in [2.75, 3.05) is 50.1 Å². The van der Waals surface area contributed by atoms with Gasteiger partial charge in [0.1, 0.15) is 5.82 Å². The number of anilines is 2. The molecule has 4 heterocycles. The Hall–Kier alpha value is -3.77. The molecular weight excluding hydrogens is 696 g/mol. The first-order valence-electron chi connectivity index (χ1n) is 18.3. The van der Waals surface area contributed by atoms with Gasteiger partial charge in [-0.25, -0.2) is 21.2 Å². The lowest BCUT2D eigenvalue weighted by Gasteiger charge is -2.32. The molecule has 8 nitrogen and oxygen atoms in total. The normalized spacial score (nSPS) is 26.9. The molecule has 11 heteroatoms. The Kier molecular flexibility index (Phi) is 10.0. The molecule has 276 valence electrons. The van der Waals surface area contributed by atoms with Crippen LogP contribution in [0.3, 0.4) is 0 Å². The van der Waals surface area contributed by atoms with Crippen molar-refractivity contribution in [3.63, 3.8) is 0 Å². The molecule has 0 spiro atoms. The fourth-order valence-corrected chi connectivity index (χ4v) is 11.9. The smallest absolute Gasteiger partial charge is 0.206 e. The van der Waals surface area contributed by atoms with E-state index in [1.807, 2.05) is 24.3 Å². The highest BCUT2D eigenvalue weighted by Gasteiger charge is 2.44. The van der Waals surface area contributed by atoms with E-state index >= 15 is 0 Å². The van der Waals surface area contributed by atoms with Crippen LogP contribution < -0.4 is 20.4 Å². The average Bonchev–Trinajstić information content (AvgIpc) is 3.42. The molecule has 0 aromatic heterocycles. The lowest BCUT2D eigenvalue weighted by atomic mass is 9.80. The van der Waals surface area contributed by atoms with Gasteiger partial charge in [-0.05, 0) is 128 Å². The number of nitrogens with zero attached hydrogens (tertiary/aromatic N) is 2. The third-order valence-corrected chi connectivity index (χ3v) is 15.3. The minimum Gasteiger partial charge on any atom is -0.370 e. The Morgan fingerprint density at radius 1 is 0.596 bits per heavy atom. The number of likely N-dealkylation sites (N-methyl/N-ethyl adjacent to an activating group) is 2. The molecule has 3 unspecified atom stereocenters. The molecule has 0 bridgehead atoms. The molecule has 0 radical (unpaired) electrons. The number of hydrogen-bond acceptors (Lipinski definition) is 8. The fraction of sp³-hybridized carbons (Fsp3) is 0.415. The van der Waals surface area contributed by atoms with Crippen molar-refractivity contribution in [3.05, 3.63) is 108 Å². The van der Waals surface area contributed by atoms with Crippen molar-refractivity contribution >= 4 is 31.0 Å². The minimum atomic E-state index is -3.74. The monoisotopic (exact) mass is 744 g/mol. The van der Waals surface area contributed by atoms with Crippen LogP contribution in [-0.2, 0) is 19.7 Å². The predicted octanol–water partition coefficient (Wildman–Crippen LogP) is 6.49. The Labute approximate surface area is 308 Å². The van der Waals surface area contributed by atoms with Crippen molar-refractivity contribution in [1.82, 2.24) is 10.6 Å². The topological polar surface area (TPSA) is 98.8 Å². The molecule has 2 fully saturated rings. The number of fused-ring (bicyclic) bond motifs is 6. The molecule has 2 N–H and O–H groups in total. The van der Waals surface area contributed by atoms with E-state index in [0.29, 0.717) is 51.5 Å². The zero-order chi connectivity index (χ0) is 36.9. The van der Waals surface area contributed by atoms with E-state index in [0.717, 1.165) is 49.9 Å². The molecule has 4 aliphatic heterocycles. The first-order valence-corrected chi connectivity index (χ1v) is 21.2. The molecule has 4 aromatic rings. The minimum absolute atomic E-state index is 0.00347. The molecule has 4 aromatic carbocycles. The number of rotatable bonds is 4. The van der Waals surface area contributed by atoms with Crippen LogP contribution in [0.25, 0.3) is 0 Å². The van der Waals surface area contributed by atoms with Crippen molar-refractivity contribution in [2.45, 2.75) is 70.7 Å². The van der Waals surface area contributed by atoms with Gasteiger partial charge in [0, 0.05) is 49.4 Å². The summed E-state index contributed by atoms with van der Waals surface area (Å²) >= 11 is 0. The van der Waals surface area contributed by atoms with Crippen LogP contribution in [0.2, 0.25) is 0 Å². The summed E-state index contributed by atoms with van der Waals surface area (Å²) in [5, 5.41) is 7.02. The molecule has 0 aliphatic carbocycles. The van der Waals surface area contributed by atoms with Gasteiger partial charge in [-0.1, -0.05) is 45.0 Å². The van der Waals surface area contributed by atoms with E-state index in [4.69, 9.17) is 0 Å². The van der Waals surface area contributed by atoms with Gasteiger partial charge in [0.2, 0.25) is 19.7 Å². The Balaban J connectivity index is 0.000000162. The highest BCUT2D eigenvalue weighted by molar-refractivity contribution is 7.91. The summed E-state index contributed by atoms with van der Waals surface area (Å²) in [4.78, 5) is 5.63. The second-order valence-corrected chi connectivity index (χ2v) is 19.0. The Bertz CT molecular complexity index is 2160. The van der Waals surface area contributed by atoms with Crippen molar-refractivity contribution < 1.29 is 21.2 Å². The van der Waals surface area contributed by atoms with Gasteiger partial charge >= 0.3 is 0 Å². The molecule has 52 heavy (non-hydrogen) atoms. The number of hydrogen-bond donors (Lipinski definition) is 2. The number of nitrogens with one attached hydrogen (secondary N) is 2. The predicted molar refractivity (Wildman–Crippen MR) is 204 cm³/mol. The summed E-state index contributed by atoms with van der Waals surface area (Å²) in [6, 6.07) is 25.7. The number of halogens is 1. The van der Waals surface area contributed by atoms with E-state index in [9.17, 15) is 21.2 Å². The summed E-state index contributed by atoms with van der Waals surface area (Å²) < 4.78 is 65.6. The van der Waals surface area contributed by atoms with E-state index < -0.39 is 25.5 Å². The Morgan fingerprint density at radius 3 is 1.83 bits per heavy atom. The molecule has 0 saturated carbocycles. The van der Waals surface area contributed by atoms with Crippen molar-refractivity contribution in [3.8, 4) is 0 Å². The average molecular weight is 745 g/mol. The fourth-order valence-electron chi connectivity index (χ4n) is 9.29. The lowest BCUT2D eigenvalue weighted by molar-refractivity contribution is 0.374. The maximum Gasteiger partial charge on any atom is 0.206 e. The maximum atomic E-state index is 13.5. The largest absolute Gasteiger partial charge is 0.370 e. The van der Waals surface area contributed by atoms with Crippen LogP contribution in [0.15, 0.2) is 111 Å². The third kappa shape index (κ3) is 6.44. The van der Waals surface area contributed by atoms with Crippen LogP contribution >= 0.6 is 0 Å². The highest BCUT2D eigenvalue weighted by atomic mass is 32.2. The van der Waals surface area contributed by atoms with E-state index in [1.54, 1.807) is 42.5 Å². The van der Waals surface area contributed by atoms with Gasteiger partial charge in [-0.3, -0.25) is 0 Å². The SMILES string of the molecule is CC1CNCC(C)[C@H]2[C@@H]1c1cc(S(=O)(=O)c3ccccc3)ccc1N2C.CC1CNCC[C@H]2c3cc(S(=O)(=O)c4cccc(F)c4)ccc3N(C)[C@@H]12. The van der Waals surface area contributed by atoms with Crippen LogP contribution in [0.5, 0.6) is 0 Å². The first-order chi connectivity index (χ1) is 24.8. The van der Waals surface area contributed by atoms with Gasteiger partial charge in [0.05, 0.1) is 19.6 Å². The van der Waals surface area contributed by atoms with Gasteiger partial charge < -0.3 is 20.4 Å². The van der Waals surface area contributed by atoms with Crippen LogP contribution in [-0.4, -0.2) is 69.2 Å². The summed E-state index contributed by atoms with van der Waals surface area (Å²) in [5.41, 5.74) is 4.54. The molecule has 4 aliphatic rings. The lowest BCUT2D eigenvalue weighted by Crippen LogP contribution is -2.39. The van der Waals surface area contributed by atoms with Gasteiger partial charge in [-0.15, -0.1) is 0 Å². The van der Waals surface area contributed by atoms with Crippen LogP contribution in [0, 0.1) is 23.6 Å². The van der Waals surface area contributed by atoms with E-state index in [-0.39, 0.29) is 9.79 Å². The molecule has 2 saturated heterocycles. The zero-order valence-corrected chi connectivity index (χ0v) is 32.1. The second-order valence-electron chi connectivity index (χ2n) is 15.1. The third-order valence-electron chi connectivity index (χ3n) is 11.8. The van der Waals surface area contributed by atoms with Crippen LogP contribution in [0.1, 0.15) is 50.2 Å². The Morgan fingerprint density at radius 2 is 1.13 bits per heavy atom. The van der Waals surface area contributed by atoms with Crippen molar-refractivity contribution in [2.24, 2.45) is 17.8 Å². The second kappa shape index (κ2) is 14.2. The molecule has 0 amide bonds. The summed E-state index contributed by atoms with van der Waals surface area (Å²) in [7, 11) is -2.99. The van der Waals surface area contributed by atoms with Gasteiger partial charge in [-0.2, -0.15) is 0 Å². The zero-order valence-electron chi connectivity index (χ0n) is 30.5. The quantitative estimate of drug-likeness (QED) is 0.245. The van der Waals surface area contributed by atoms with Gasteiger partial charge in [0.15, 0.2) is 0 Å². The van der Waals surface area contributed by atoms with Crippen LogP contribution in [0.4, 0.5) is 15.8 Å².